The molecule has 0 spiro atoms. The van der Waals surface area contributed by atoms with Crippen LogP contribution in [0.2, 0.25) is 0 Å². The Bertz CT molecular complexity index is 218. The van der Waals surface area contributed by atoms with Gasteiger partial charge in [0.15, 0.2) is 6.10 Å². The van der Waals surface area contributed by atoms with Crippen molar-refractivity contribution in [2.75, 3.05) is 20.8 Å². The van der Waals surface area contributed by atoms with E-state index in [9.17, 15) is 4.79 Å². The van der Waals surface area contributed by atoms with Gasteiger partial charge < -0.3 is 18.9 Å². The van der Waals surface area contributed by atoms with Crippen LogP contribution in [0.3, 0.4) is 0 Å². The molecule has 1 fully saturated rings. The second kappa shape index (κ2) is 5.44. The van der Waals surface area contributed by atoms with Gasteiger partial charge in [0.05, 0.1) is 12.7 Å². The molecule has 1 rings (SSSR count). The molecular weight excluding hydrogens is 200 g/mol. The molecule has 4 atom stereocenters. The molecule has 0 aromatic rings. The van der Waals surface area contributed by atoms with Gasteiger partial charge in [0.2, 0.25) is 0 Å². The largest absolute Gasteiger partial charge is 0.457 e. The minimum Gasteiger partial charge on any atom is -0.457 e. The Morgan fingerprint density at radius 3 is 2.40 bits per heavy atom. The van der Waals surface area contributed by atoms with Crippen LogP contribution in [0.25, 0.3) is 0 Å². The molecule has 0 aromatic carbocycles. The van der Waals surface area contributed by atoms with Gasteiger partial charge in [-0.1, -0.05) is 0 Å². The Hall–Kier alpha value is -0.650. The highest BCUT2D eigenvalue weighted by Gasteiger charge is 2.41. The second-order valence-corrected chi connectivity index (χ2v) is 3.59. The highest BCUT2D eigenvalue weighted by Crippen LogP contribution is 2.22. The molecule has 1 aliphatic heterocycles. The summed E-state index contributed by atoms with van der Waals surface area (Å²) < 4.78 is 21.1. The van der Waals surface area contributed by atoms with E-state index in [0.717, 1.165) is 0 Å². The molecular formula is C10H18O5. The van der Waals surface area contributed by atoms with Crippen LogP contribution in [0, 0.1) is 0 Å². The van der Waals surface area contributed by atoms with Crippen molar-refractivity contribution in [2.24, 2.45) is 0 Å². The van der Waals surface area contributed by atoms with Crippen molar-refractivity contribution in [1.82, 2.24) is 0 Å². The molecule has 5 nitrogen and oxygen atoms in total. The van der Waals surface area contributed by atoms with Gasteiger partial charge in [-0.2, -0.15) is 0 Å². The van der Waals surface area contributed by atoms with Crippen LogP contribution in [0.1, 0.15) is 13.8 Å². The highest BCUT2D eigenvalue weighted by molar-refractivity contribution is 5.66. The summed E-state index contributed by atoms with van der Waals surface area (Å²) >= 11 is 0. The summed E-state index contributed by atoms with van der Waals surface area (Å²) in [6, 6.07) is 0. The van der Waals surface area contributed by atoms with E-state index in [4.69, 9.17) is 18.9 Å². The molecule has 5 heteroatoms. The zero-order chi connectivity index (χ0) is 11.4. The van der Waals surface area contributed by atoms with Gasteiger partial charge in [0, 0.05) is 21.1 Å². The molecule has 1 saturated heterocycles. The van der Waals surface area contributed by atoms with Crippen LogP contribution in [-0.2, 0) is 23.7 Å². The lowest BCUT2D eigenvalue weighted by atomic mass is 10.0. The van der Waals surface area contributed by atoms with E-state index in [0.29, 0.717) is 6.61 Å². The molecule has 0 amide bonds. The number of carbonyl (C=O) groups is 1. The standard InChI is InChI=1S/C10H18O5/c1-6-9(13-4)10(15-7(2)11)8(12-3)5-14-6/h6,8-10H,5H2,1-4H3/t6-,8-,9-,10-/m1/s1. The Morgan fingerprint density at radius 2 is 1.93 bits per heavy atom. The summed E-state index contributed by atoms with van der Waals surface area (Å²) in [6.07, 6.45) is -1.06. The van der Waals surface area contributed by atoms with Crippen molar-refractivity contribution >= 4 is 5.97 Å². The van der Waals surface area contributed by atoms with E-state index >= 15 is 0 Å². The number of ether oxygens (including phenoxy) is 4. The molecule has 1 heterocycles. The number of hydrogen-bond donors (Lipinski definition) is 0. The maximum atomic E-state index is 11.0. The second-order valence-electron chi connectivity index (χ2n) is 3.59. The van der Waals surface area contributed by atoms with Crippen molar-refractivity contribution in [3.8, 4) is 0 Å². The van der Waals surface area contributed by atoms with Gasteiger partial charge in [-0.25, -0.2) is 0 Å². The maximum absolute atomic E-state index is 11.0. The van der Waals surface area contributed by atoms with E-state index in [2.05, 4.69) is 0 Å². The van der Waals surface area contributed by atoms with Crippen molar-refractivity contribution in [2.45, 2.75) is 38.3 Å². The summed E-state index contributed by atoms with van der Waals surface area (Å²) in [5, 5.41) is 0. The molecule has 0 aromatic heterocycles. The van der Waals surface area contributed by atoms with Gasteiger partial charge in [0.1, 0.15) is 12.2 Å². The van der Waals surface area contributed by atoms with Crippen LogP contribution >= 0.6 is 0 Å². The lowest BCUT2D eigenvalue weighted by Crippen LogP contribution is -2.55. The lowest BCUT2D eigenvalue weighted by molar-refractivity contribution is -0.214. The zero-order valence-electron chi connectivity index (χ0n) is 9.56. The first-order valence-corrected chi connectivity index (χ1v) is 4.94. The summed E-state index contributed by atoms with van der Waals surface area (Å²) in [6.45, 7) is 3.67. The summed E-state index contributed by atoms with van der Waals surface area (Å²) in [5.41, 5.74) is 0. The molecule has 0 bridgehead atoms. The predicted octanol–water partition coefficient (Wildman–Crippen LogP) is 0.367. The number of methoxy groups -OCH3 is 2. The van der Waals surface area contributed by atoms with Crippen molar-refractivity contribution in [3.63, 3.8) is 0 Å². The maximum Gasteiger partial charge on any atom is 0.303 e. The number of carbonyl (C=O) groups excluding carboxylic acids is 1. The molecule has 15 heavy (non-hydrogen) atoms. The fraction of sp³-hybridized carbons (Fsp3) is 0.900. The van der Waals surface area contributed by atoms with Crippen LogP contribution < -0.4 is 0 Å². The molecule has 1 aliphatic rings. The minimum atomic E-state index is -0.402. The predicted molar refractivity (Wildman–Crippen MR) is 52.6 cm³/mol. The minimum absolute atomic E-state index is 0.106. The van der Waals surface area contributed by atoms with Gasteiger partial charge >= 0.3 is 5.97 Å². The lowest BCUT2D eigenvalue weighted by Gasteiger charge is -2.39. The average molecular weight is 218 g/mol. The first-order valence-electron chi connectivity index (χ1n) is 4.94. The third kappa shape index (κ3) is 2.90. The third-order valence-electron chi connectivity index (χ3n) is 2.55. The van der Waals surface area contributed by atoms with E-state index in [-0.39, 0.29) is 24.3 Å². The number of esters is 1. The topological polar surface area (TPSA) is 54.0 Å². The van der Waals surface area contributed by atoms with Crippen molar-refractivity contribution in [1.29, 1.82) is 0 Å². The number of hydrogen-bond acceptors (Lipinski definition) is 5. The number of rotatable bonds is 3. The Labute approximate surface area is 89.6 Å². The first-order chi connectivity index (χ1) is 7.10. The Morgan fingerprint density at radius 1 is 1.27 bits per heavy atom. The highest BCUT2D eigenvalue weighted by atomic mass is 16.6. The van der Waals surface area contributed by atoms with Crippen LogP contribution in [0.5, 0.6) is 0 Å². The van der Waals surface area contributed by atoms with Crippen LogP contribution in [0.15, 0.2) is 0 Å². The fourth-order valence-corrected chi connectivity index (χ4v) is 1.78. The first kappa shape index (κ1) is 12.4. The Balaban J connectivity index is 2.73. The molecule has 0 aliphatic carbocycles. The summed E-state index contributed by atoms with van der Waals surface area (Å²) in [4.78, 5) is 11.0. The van der Waals surface area contributed by atoms with Crippen LogP contribution in [0.4, 0.5) is 0 Å². The van der Waals surface area contributed by atoms with E-state index in [1.165, 1.54) is 6.92 Å². The summed E-state index contributed by atoms with van der Waals surface area (Å²) in [7, 11) is 3.13. The van der Waals surface area contributed by atoms with E-state index < -0.39 is 6.10 Å². The molecule has 88 valence electrons. The van der Waals surface area contributed by atoms with Gasteiger partial charge in [-0.05, 0) is 6.92 Å². The average Bonchev–Trinajstić information content (AvgIpc) is 2.18. The smallest absolute Gasteiger partial charge is 0.303 e. The normalized spacial score (nSPS) is 36.3. The SMILES string of the molecule is CO[C@H]1[C@H](OC(C)=O)[C@H](OC)CO[C@@H]1C. The van der Waals surface area contributed by atoms with Gasteiger partial charge in [-0.15, -0.1) is 0 Å². The van der Waals surface area contributed by atoms with Crippen molar-refractivity contribution < 1.29 is 23.7 Å². The van der Waals surface area contributed by atoms with E-state index in [1.54, 1.807) is 14.2 Å². The van der Waals surface area contributed by atoms with Gasteiger partial charge in [0.25, 0.3) is 0 Å². The Kier molecular flexibility index (Phi) is 4.50. The third-order valence-corrected chi connectivity index (χ3v) is 2.55. The molecule has 0 unspecified atom stereocenters. The quantitative estimate of drug-likeness (QED) is 0.640. The zero-order valence-corrected chi connectivity index (χ0v) is 9.56. The summed E-state index contributed by atoms with van der Waals surface area (Å²) in [5.74, 6) is -0.335. The van der Waals surface area contributed by atoms with Gasteiger partial charge in [-0.3, -0.25) is 4.79 Å². The van der Waals surface area contributed by atoms with E-state index in [1.807, 2.05) is 6.92 Å². The molecule has 0 saturated carbocycles. The van der Waals surface area contributed by atoms with Crippen LogP contribution in [-0.4, -0.2) is 51.2 Å². The monoisotopic (exact) mass is 218 g/mol. The van der Waals surface area contributed by atoms with Crippen molar-refractivity contribution in [3.05, 3.63) is 0 Å². The molecule has 0 N–H and O–H groups in total. The fourth-order valence-electron chi connectivity index (χ4n) is 1.78. The molecule has 0 radical (unpaired) electrons.